The summed E-state index contributed by atoms with van der Waals surface area (Å²) in [4.78, 5) is 21.4. The Balaban J connectivity index is 1.66. The van der Waals surface area contributed by atoms with Gasteiger partial charge in [-0.3, -0.25) is 4.79 Å². The number of thioether (sulfide) groups is 1. The van der Waals surface area contributed by atoms with Gasteiger partial charge in [0.25, 0.3) is 5.91 Å². The van der Waals surface area contributed by atoms with Crippen LogP contribution in [0.1, 0.15) is 16.1 Å². The lowest BCUT2D eigenvalue weighted by molar-refractivity contribution is 0.0997. The molecule has 4 aromatic rings. The standard InChI is InChI=1S/C21H16FN3O3S/c1-27-18-11-13(22)7-8-16(18)25-20(26)19-15(12-29-21-23-9-4-10-24-21)14-5-2-3-6-17(14)28-19/h2-11H,12H2,1H3,(H,25,26). The van der Waals surface area contributed by atoms with Crippen molar-refractivity contribution in [1.29, 1.82) is 0 Å². The van der Waals surface area contributed by atoms with Crippen LogP contribution in [0.25, 0.3) is 11.0 Å². The summed E-state index contributed by atoms with van der Waals surface area (Å²) in [5.74, 6) is -0.0482. The first-order valence-corrected chi connectivity index (χ1v) is 9.69. The van der Waals surface area contributed by atoms with Gasteiger partial charge in [0.1, 0.15) is 17.1 Å². The molecule has 4 rings (SSSR count). The lowest BCUT2D eigenvalue weighted by Gasteiger charge is -2.10. The fourth-order valence-corrected chi connectivity index (χ4v) is 3.70. The summed E-state index contributed by atoms with van der Waals surface area (Å²) >= 11 is 1.40. The van der Waals surface area contributed by atoms with E-state index in [1.54, 1.807) is 24.5 Å². The molecule has 0 saturated heterocycles. The van der Waals surface area contributed by atoms with Crippen LogP contribution >= 0.6 is 11.8 Å². The third-order valence-corrected chi connectivity index (χ3v) is 5.11. The van der Waals surface area contributed by atoms with E-state index in [9.17, 15) is 9.18 Å². The zero-order valence-corrected chi connectivity index (χ0v) is 16.2. The van der Waals surface area contributed by atoms with Gasteiger partial charge in [-0.2, -0.15) is 0 Å². The molecule has 29 heavy (non-hydrogen) atoms. The van der Waals surface area contributed by atoms with Crippen molar-refractivity contribution in [3.63, 3.8) is 0 Å². The number of ether oxygens (including phenoxy) is 1. The quantitative estimate of drug-likeness (QED) is 0.360. The molecular weight excluding hydrogens is 393 g/mol. The first-order valence-electron chi connectivity index (χ1n) is 8.71. The van der Waals surface area contributed by atoms with E-state index in [1.807, 2.05) is 18.2 Å². The Hall–Kier alpha value is -3.39. The number of fused-ring (bicyclic) bond motifs is 1. The summed E-state index contributed by atoms with van der Waals surface area (Å²) in [6.07, 6.45) is 3.33. The van der Waals surface area contributed by atoms with E-state index >= 15 is 0 Å². The number of methoxy groups -OCH3 is 1. The predicted octanol–water partition coefficient (Wildman–Crippen LogP) is 4.92. The van der Waals surface area contributed by atoms with Crippen molar-refractivity contribution >= 4 is 34.3 Å². The maximum absolute atomic E-state index is 13.4. The zero-order valence-electron chi connectivity index (χ0n) is 15.4. The lowest BCUT2D eigenvalue weighted by atomic mass is 10.1. The first kappa shape index (κ1) is 18.9. The highest BCUT2D eigenvalue weighted by Crippen LogP contribution is 2.32. The van der Waals surface area contributed by atoms with Gasteiger partial charge in [-0.25, -0.2) is 14.4 Å². The van der Waals surface area contributed by atoms with Gasteiger partial charge in [-0.15, -0.1) is 0 Å². The van der Waals surface area contributed by atoms with Gasteiger partial charge in [0.15, 0.2) is 10.9 Å². The molecule has 8 heteroatoms. The average Bonchev–Trinajstić information content (AvgIpc) is 3.13. The van der Waals surface area contributed by atoms with Crippen LogP contribution in [-0.4, -0.2) is 23.0 Å². The Labute approximate surface area is 170 Å². The molecule has 146 valence electrons. The Morgan fingerprint density at radius 3 is 2.76 bits per heavy atom. The second-order valence-electron chi connectivity index (χ2n) is 6.02. The molecule has 0 spiro atoms. The topological polar surface area (TPSA) is 77.2 Å². The number of para-hydroxylation sites is 1. The van der Waals surface area contributed by atoms with Crippen molar-refractivity contribution < 1.29 is 18.3 Å². The number of anilines is 1. The Kier molecular flexibility index (Phi) is 5.44. The third-order valence-electron chi connectivity index (χ3n) is 4.20. The molecule has 1 amide bonds. The number of halogens is 1. The number of nitrogens with one attached hydrogen (secondary N) is 1. The van der Waals surface area contributed by atoms with E-state index in [2.05, 4.69) is 15.3 Å². The van der Waals surface area contributed by atoms with Crippen LogP contribution in [0.2, 0.25) is 0 Å². The van der Waals surface area contributed by atoms with Crippen molar-refractivity contribution in [2.45, 2.75) is 10.9 Å². The Morgan fingerprint density at radius 1 is 1.17 bits per heavy atom. The molecule has 0 aliphatic carbocycles. The van der Waals surface area contributed by atoms with Gasteiger partial charge in [0.2, 0.25) is 0 Å². The zero-order chi connectivity index (χ0) is 20.2. The Bertz CT molecular complexity index is 1160. The monoisotopic (exact) mass is 409 g/mol. The average molecular weight is 409 g/mol. The van der Waals surface area contributed by atoms with E-state index in [0.717, 1.165) is 10.9 Å². The third kappa shape index (κ3) is 4.07. The molecule has 2 aromatic heterocycles. The summed E-state index contributed by atoms with van der Waals surface area (Å²) in [5.41, 5.74) is 1.69. The van der Waals surface area contributed by atoms with Crippen molar-refractivity contribution in [3.8, 4) is 5.75 Å². The van der Waals surface area contributed by atoms with E-state index in [-0.39, 0.29) is 11.5 Å². The van der Waals surface area contributed by atoms with Crippen molar-refractivity contribution in [1.82, 2.24) is 9.97 Å². The number of hydrogen-bond donors (Lipinski definition) is 1. The van der Waals surface area contributed by atoms with Gasteiger partial charge in [-0.05, 0) is 24.3 Å². The maximum Gasteiger partial charge on any atom is 0.291 e. The van der Waals surface area contributed by atoms with Gasteiger partial charge < -0.3 is 14.5 Å². The molecule has 0 fully saturated rings. The van der Waals surface area contributed by atoms with Crippen LogP contribution in [0, 0.1) is 5.82 Å². The van der Waals surface area contributed by atoms with Crippen LogP contribution in [0.15, 0.2) is 70.5 Å². The Morgan fingerprint density at radius 2 is 1.97 bits per heavy atom. The highest BCUT2D eigenvalue weighted by molar-refractivity contribution is 7.98. The van der Waals surface area contributed by atoms with Crippen LogP contribution in [0.5, 0.6) is 5.75 Å². The lowest BCUT2D eigenvalue weighted by Crippen LogP contribution is -2.13. The molecule has 6 nitrogen and oxygen atoms in total. The number of amides is 1. The van der Waals surface area contributed by atoms with Crippen molar-refractivity contribution in [3.05, 3.63) is 78.1 Å². The minimum absolute atomic E-state index is 0.181. The summed E-state index contributed by atoms with van der Waals surface area (Å²) in [7, 11) is 1.41. The fraction of sp³-hybridized carbons (Fsp3) is 0.0952. The number of aromatic nitrogens is 2. The van der Waals surface area contributed by atoms with Crippen molar-refractivity contribution in [2.24, 2.45) is 0 Å². The molecule has 1 N–H and O–H groups in total. The largest absolute Gasteiger partial charge is 0.494 e. The molecule has 2 heterocycles. The molecular formula is C21H16FN3O3S. The smallest absolute Gasteiger partial charge is 0.291 e. The summed E-state index contributed by atoms with van der Waals surface area (Å²) in [6.45, 7) is 0. The van der Waals surface area contributed by atoms with Crippen LogP contribution in [0.3, 0.4) is 0 Å². The number of furan rings is 1. The van der Waals surface area contributed by atoms with Crippen molar-refractivity contribution in [2.75, 3.05) is 12.4 Å². The minimum atomic E-state index is -0.455. The van der Waals surface area contributed by atoms with Crippen LogP contribution in [-0.2, 0) is 5.75 Å². The van der Waals surface area contributed by atoms with Gasteiger partial charge >= 0.3 is 0 Å². The SMILES string of the molecule is COc1cc(F)ccc1NC(=O)c1oc2ccccc2c1CSc1ncccn1. The number of carbonyl (C=O) groups is 1. The maximum atomic E-state index is 13.4. The van der Waals surface area contributed by atoms with E-state index < -0.39 is 11.7 Å². The van der Waals surface area contributed by atoms with E-state index in [0.29, 0.717) is 22.2 Å². The molecule has 0 bridgehead atoms. The molecule has 0 saturated carbocycles. The second-order valence-corrected chi connectivity index (χ2v) is 6.97. The van der Waals surface area contributed by atoms with Crippen LogP contribution in [0.4, 0.5) is 10.1 Å². The fourth-order valence-electron chi connectivity index (χ4n) is 2.87. The molecule has 0 aliphatic rings. The summed E-state index contributed by atoms with van der Waals surface area (Å²) in [5, 5.41) is 4.18. The highest BCUT2D eigenvalue weighted by Gasteiger charge is 2.22. The number of carbonyl (C=O) groups excluding carboxylic acids is 1. The van der Waals surface area contributed by atoms with Gasteiger partial charge in [-0.1, -0.05) is 30.0 Å². The number of rotatable bonds is 6. The molecule has 2 aromatic carbocycles. The number of hydrogen-bond acceptors (Lipinski definition) is 6. The van der Waals surface area contributed by atoms with E-state index in [4.69, 9.17) is 9.15 Å². The first-order chi connectivity index (χ1) is 14.2. The summed E-state index contributed by atoms with van der Waals surface area (Å²) < 4.78 is 24.4. The molecule has 0 radical (unpaired) electrons. The minimum Gasteiger partial charge on any atom is -0.494 e. The highest BCUT2D eigenvalue weighted by atomic mass is 32.2. The predicted molar refractivity (Wildman–Crippen MR) is 109 cm³/mol. The van der Waals surface area contributed by atoms with Gasteiger partial charge in [0, 0.05) is 35.2 Å². The van der Waals surface area contributed by atoms with Crippen LogP contribution < -0.4 is 10.1 Å². The molecule has 0 unspecified atom stereocenters. The van der Waals surface area contributed by atoms with E-state index in [1.165, 1.54) is 37.1 Å². The second kappa shape index (κ2) is 8.32. The van der Waals surface area contributed by atoms with Gasteiger partial charge in [0.05, 0.1) is 12.8 Å². The normalized spacial score (nSPS) is 10.8. The number of benzene rings is 2. The molecule has 0 atom stereocenters. The molecule has 0 aliphatic heterocycles. The number of nitrogens with zero attached hydrogens (tertiary/aromatic N) is 2. The summed E-state index contributed by atoms with van der Waals surface area (Å²) in [6, 6.07) is 13.1.